The summed E-state index contributed by atoms with van der Waals surface area (Å²) in [5.74, 6) is -0.567. The lowest BCUT2D eigenvalue weighted by molar-refractivity contribution is -0.131. The first kappa shape index (κ1) is 20.5. The predicted octanol–water partition coefficient (Wildman–Crippen LogP) is 0.117. The zero-order chi connectivity index (χ0) is 20.4. The summed E-state index contributed by atoms with van der Waals surface area (Å²) < 4.78 is 52.5. The molecule has 28 heavy (non-hydrogen) atoms. The molecule has 1 aromatic carbocycles. The average Bonchev–Trinajstić information content (AvgIpc) is 3.14. The molecule has 1 fully saturated rings. The van der Waals surface area contributed by atoms with Crippen molar-refractivity contribution < 1.29 is 21.6 Å². The molecule has 1 aromatic heterocycles. The molecule has 1 aliphatic rings. The zero-order valence-corrected chi connectivity index (χ0v) is 17.1. The summed E-state index contributed by atoms with van der Waals surface area (Å²) >= 11 is 0. The van der Waals surface area contributed by atoms with Crippen LogP contribution in [0.5, 0.6) is 0 Å². The molecule has 0 aliphatic carbocycles. The van der Waals surface area contributed by atoms with Crippen molar-refractivity contribution in [1.29, 1.82) is 0 Å². The van der Waals surface area contributed by atoms with E-state index in [0.29, 0.717) is 0 Å². The molecule has 0 unspecified atom stereocenters. The summed E-state index contributed by atoms with van der Waals surface area (Å²) in [6, 6.07) is 8.00. The average molecular weight is 427 g/mol. The Labute approximate surface area is 164 Å². The van der Waals surface area contributed by atoms with Crippen LogP contribution in [-0.4, -0.2) is 73.7 Å². The monoisotopic (exact) mass is 426 g/mol. The molecule has 3 rings (SSSR count). The quantitative estimate of drug-likeness (QED) is 0.649. The van der Waals surface area contributed by atoms with Gasteiger partial charge in [0.05, 0.1) is 16.8 Å². The number of aryl methyl sites for hydroxylation is 1. The van der Waals surface area contributed by atoms with Crippen LogP contribution in [0.25, 0.3) is 0 Å². The van der Waals surface area contributed by atoms with Gasteiger partial charge in [-0.1, -0.05) is 18.2 Å². The number of rotatable bonds is 6. The van der Waals surface area contributed by atoms with Gasteiger partial charge in [0.2, 0.25) is 15.9 Å². The maximum atomic E-state index is 12.6. The van der Waals surface area contributed by atoms with E-state index in [4.69, 9.17) is 0 Å². The van der Waals surface area contributed by atoms with E-state index in [-0.39, 0.29) is 54.1 Å². The molecule has 1 aliphatic heterocycles. The molecule has 9 nitrogen and oxygen atoms in total. The Balaban J connectivity index is 1.55. The minimum atomic E-state index is -3.65. The van der Waals surface area contributed by atoms with Crippen LogP contribution in [0, 0.1) is 0 Å². The molecule has 152 valence electrons. The summed E-state index contributed by atoms with van der Waals surface area (Å²) in [5, 5.41) is 3.88. The number of benzene rings is 1. The molecule has 0 spiro atoms. The summed E-state index contributed by atoms with van der Waals surface area (Å²) in [6.45, 7) is 0.774. The van der Waals surface area contributed by atoms with Gasteiger partial charge in [-0.2, -0.15) is 9.40 Å². The van der Waals surface area contributed by atoms with Gasteiger partial charge in [0.1, 0.15) is 4.90 Å². The van der Waals surface area contributed by atoms with Crippen molar-refractivity contribution >= 4 is 25.8 Å². The molecule has 0 bridgehead atoms. The Bertz CT molecular complexity index is 1040. The molecule has 0 saturated carbocycles. The Kier molecular flexibility index (Phi) is 5.87. The van der Waals surface area contributed by atoms with Crippen LogP contribution in [-0.2, 0) is 31.7 Å². The smallest absolute Gasteiger partial charge is 0.246 e. The van der Waals surface area contributed by atoms with Gasteiger partial charge in [0.25, 0.3) is 0 Å². The van der Waals surface area contributed by atoms with E-state index in [1.807, 2.05) is 0 Å². The predicted molar refractivity (Wildman–Crippen MR) is 102 cm³/mol. The minimum Gasteiger partial charge on any atom is -0.340 e. The highest BCUT2D eigenvalue weighted by Gasteiger charge is 2.31. The number of amides is 1. The number of carbonyl (C=O) groups excluding carboxylic acids is 1. The highest BCUT2D eigenvalue weighted by Crippen LogP contribution is 2.18. The van der Waals surface area contributed by atoms with Gasteiger partial charge in [0, 0.05) is 45.8 Å². The maximum Gasteiger partial charge on any atom is 0.246 e. The lowest BCUT2D eigenvalue weighted by Gasteiger charge is -2.33. The SMILES string of the molecule is Cn1cc(S(=O)(=O)N2CCN(C(=O)CCS(=O)(=O)c3ccccc3)CC2)cn1. The molecule has 1 saturated heterocycles. The summed E-state index contributed by atoms with van der Waals surface area (Å²) in [7, 11) is -5.53. The summed E-state index contributed by atoms with van der Waals surface area (Å²) in [5.41, 5.74) is 0. The van der Waals surface area contributed by atoms with Crippen molar-refractivity contribution in [2.24, 2.45) is 7.05 Å². The largest absolute Gasteiger partial charge is 0.340 e. The number of nitrogens with zero attached hydrogens (tertiary/aromatic N) is 4. The molecule has 0 radical (unpaired) electrons. The number of aromatic nitrogens is 2. The number of sulfonamides is 1. The van der Waals surface area contributed by atoms with Crippen LogP contribution in [0.2, 0.25) is 0 Å². The van der Waals surface area contributed by atoms with E-state index < -0.39 is 19.9 Å². The number of sulfone groups is 1. The van der Waals surface area contributed by atoms with Gasteiger partial charge in [-0.15, -0.1) is 0 Å². The van der Waals surface area contributed by atoms with Crippen LogP contribution < -0.4 is 0 Å². The van der Waals surface area contributed by atoms with Crippen LogP contribution >= 0.6 is 0 Å². The second kappa shape index (κ2) is 8.02. The number of carbonyl (C=O) groups is 1. The van der Waals surface area contributed by atoms with Crippen molar-refractivity contribution in [3.05, 3.63) is 42.7 Å². The van der Waals surface area contributed by atoms with Crippen molar-refractivity contribution in [2.75, 3.05) is 31.9 Å². The van der Waals surface area contributed by atoms with Crippen LogP contribution in [0.4, 0.5) is 0 Å². The molecule has 11 heteroatoms. The summed E-state index contributed by atoms with van der Waals surface area (Å²) in [4.78, 5) is 14.2. The van der Waals surface area contributed by atoms with E-state index in [1.54, 1.807) is 25.2 Å². The Morgan fingerprint density at radius 3 is 2.21 bits per heavy atom. The van der Waals surface area contributed by atoms with Gasteiger partial charge in [-0.25, -0.2) is 16.8 Å². The van der Waals surface area contributed by atoms with Gasteiger partial charge >= 0.3 is 0 Å². The highest BCUT2D eigenvalue weighted by molar-refractivity contribution is 7.91. The normalized spacial score (nSPS) is 16.2. The summed E-state index contributed by atoms with van der Waals surface area (Å²) in [6.07, 6.45) is 2.59. The highest BCUT2D eigenvalue weighted by atomic mass is 32.2. The number of hydrogen-bond acceptors (Lipinski definition) is 6. The molecular formula is C17H22N4O5S2. The van der Waals surface area contributed by atoms with Gasteiger partial charge in [0.15, 0.2) is 9.84 Å². The third-order valence-electron chi connectivity index (χ3n) is 4.60. The Morgan fingerprint density at radius 1 is 1.00 bits per heavy atom. The van der Waals surface area contributed by atoms with Crippen molar-refractivity contribution in [3.8, 4) is 0 Å². The molecular weight excluding hydrogens is 404 g/mol. The first-order valence-electron chi connectivity index (χ1n) is 8.74. The van der Waals surface area contributed by atoms with Crippen molar-refractivity contribution in [3.63, 3.8) is 0 Å². The molecule has 1 amide bonds. The lowest BCUT2D eigenvalue weighted by Crippen LogP contribution is -2.50. The lowest BCUT2D eigenvalue weighted by atomic mass is 10.3. The zero-order valence-electron chi connectivity index (χ0n) is 15.4. The van der Waals surface area contributed by atoms with E-state index in [1.165, 1.54) is 38.4 Å². The van der Waals surface area contributed by atoms with Crippen LogP contribution in [0.3, 0.4) is 0 Å². The standard InChI is InChI=1S/C17H22N4O5S2/c1-19-14-16(13-18-19)28(25,26)21-10-8-20(9-11-21)17(22)7-12-27(23,24)15-5-3-2-4-6-15/h2-6,13-14H,7-12H2,1H3. The topological polar surface area (TPSA) is 110 Å². The number of piperazine rings is 1. The van der Waals surface area contributed by atoms with Crippen LogP contribution in [0.15, 0.2) is 52.5 Å². The molecule has 0 N–H and O–H groups in total. The van der Waals surface area contributed by atoms with E-state index in [9.17, 15) is 21.6 Å². The fourth-order valence-corrected chi connectivity index (χ4v) is 5.64. The molecule has 2 aromatic rings. The minimum absolute atomic E-state index is 0.115. The second-order valence-corrected chi connectivity index (χ2v) is 10.6. The third kappa shape index (κ3) is 4.42. The first-order chi connectivity index (χ1) is 13.2. The first-order valence-corrected chi connectivity index (χ1v) is 11.8. The van der Waals surface area contributed by atoms with E-state index >= 15 is 0 Å². The van der Waals surface area contributed by atoms with Crippen molar-refractivity contribution in [2.45, 2.75) is 16.2 Å². The Morgan fingerprint density at radius 2 is 1.64 bits per heavy atom. The number of hydrogen-bond donors (Lipinski definition) is 0. The van der Waals surface area contributed by atoms with Crippen LogP contribution in [0.1, 0.15) is 6.42 Å². The van der Waals surface area contributed by atoms with Gasteiger partial charge in [-0.05, 0) is 12.1 Å². The fourth-order valence-electron chi connectivity index (χ4n) is 2.98. The fraction of sp³-hybridized carbons (Fsp3) is 0.412. The van der Waals surface area contributed by atoms with Crippen molar-refractivity contribution in [1.82, 2.24) is 19.0 Å². The third-order valence-corrected chi connectivity index (χ3v) is 8.18. The van der Waals surface area contributed by atoms with E-state index in [2.05, 4.69) is 5.10 Å². The van der Waals surface area contributed by atoms with E-state index in [0.717, 1.165) is 0 Å². The molecule has 0 atom stereocenters. The Hall–Kier alpha value is -2.24. The van der Waals surface area contributed by atoms with Gasteiger partial charge in [-0.3, -0.25) is 9.48 Å². The maximum absolute atomic E-state index is 12.6. The molecule has 2 heterocycles. The van der Waals surface area contributed by atoms with Gasteiger partial charge < -0.3 is 4.90 Å². The second-order valence-electron chi connectivity index (χ2n) is 6.52.